The molecular weight excluding hydrogens is 174 g/mol. The first-order valence-corrected chi connectivity index (χ1v) is 5.43. The highest BCUT2D eigenvalue weighted by molar-refractivity contribution is 5.09. The van der Waals surface area contributed by atoms with Gasteiger partial charge in [0.1, 0.15) is 5.82 Å². The highest BCUT2D eigenvalue weighted by Gasteiger charge is 2.25. The Morgan fingerprint density at radius 3 is 2.86 bits per heavy atom. The maximum Gasteiger partial charge on any atom is 0.123 e. The van der Waals surface area contributed by atoms with Crippen LogP contribution < -0.4 is 0 Å². The molecular formula is C11H19N3. The van der Waals surface area contributed by atoms with Crippen molar-refractivity contribution >= 4 is 0 Å². The number of aromatic amines is 1. The second-order valence-corrected chi connectivity index (χ2v) is 4.52. The first kappa shape index (κ1) is 9.71. The van der Waals surface area contributed by atoms with E-state index in [1.165, 1.54) is 25.1 Å². The molecule has 0 aromatic carbocycles. The number of nitrogens with zero attached hydrogens (tertiary/aromatic N) is 2. The highest BCUT2D eigenvalue weighted by atomic mass is 15.2. The standard InChI is InChI=1S/C11H19N3/c1-8(2)9-7-12-11(13-9)10-5-4-6-14(10)3/h7-8,10H,4-6H2,1-3H3,(H,12,13). The minimum absolute atomic E-state index is 0.516. The number of rotatable bonds is 2. The molecule has 1 N–H and O–H groups in total. The van der Waals surface area contributed by atoms with Crippen molar-refractivity contribution < 1.29 is 0 Å². The van der Waals surface area contributed by atoms with E-state index >= 15 is 0 Å². The lowest BCUT2D eigenvalue weighted by atomic mass is 10.1. The van der Waals surface area contributed by atoms with Gasteiger partial charge in [-0.25, -0.2) is 4.98 Å². The van der Waals surface area contributed by atoms with Crippen molar-refractivity contribution in [3.8, 4) is 0 Å². The number of likely N-dealkylation sites (tertiary alicyclic amines) is 1. The fourth-order valence-electron chi connectivity index (χ4n) is 2.07. The average Bonchev–Trinajstić information content (AvgIpc) is 2.71. The average molecular weight is 193 g/mol. The van der Waals surface area contributed by atoms with Gasteiger partial charge in [0, 0.05) is 11.9 Å². The number of hydrogen-bond acceptors (Lipinski definition) is 2. The molecule has 1 aliphatic rings. The summed E-state index contributed by atoms with van der Waals surface area (Å²) in [6, 6.07) is 0.516. The second-order valence-electron chi connectivity index (χ2n) is 4.52. The molecule has 14 heavy (non-hydrogen) atoms. The molecule has 0 aliphatic carbocycles. The largest absolute Gasteiger partial charge is 0.344 e. The van der Waals surface area contributed by atoms with Gasteiger partial charge in [-0.15, -0.1) is 0 Å². The van der Waals surface area contributed by atoms with Gasteiger partial charge >= 0.3 is 0 Å². The van der Waals surface area contributed by atoms with E-state index in [0.717, 1.165) is 5.82 Å². The monoisotopic (exact) mass is 193 g/mol. The lowest BCUT2D eigenvalue weighted by molar-refractivity contribution is 0.307. The Labute approximate surface area is 85.5 Å². The molecule has 1 atom stereocenters. The van der Waals surface area contributed by atoms with E-state index in [9.17, 15) is 0 Å². The van der Waals surface area contributed by atoms with Crippen LogP contribution in [0.2, 0.25) is 0 Å². The fraction of sp³-hybridized carbons (Fsp3) is 0.727. The van der Waals surface area contributed by atoms with Crippen LogP contribution in [0.3, 0.4) is 0 Å². The molecule has 1 aliphatic heterocycles. The number of H-pyrrole nitrogens is 1. The third kappa shape index (κ3) is 1.69. The van der Waals surface area contributed by atoms with E-state index in [0.29, 0.717) is 12.0 Å². The Hall–Kier alpha value is -0.830. The lowest BCUT2D eigenvalue weighted by Crippen LogP contribution is -2.18. The predicted molar refractivity (Wildman–Crippen MR) is 57.3 cm³/mol. The topological polar surface area (TPSA) is 31.9 Å². The van der Waals surface area contributed by atoms with Crippen LogP contribution in [0.25, 0.3) is 0 Å². The van der Waals surface area contributed by atoms with E-state index in [-0.39, 0.29) is 0 Å². The molecule has 0 spiro atoms. The summed E-state index contributed by atoms with van der Waals surface area (Å²) in [7, 11) is 2.18. The summed E-state index contributed by atoms with van der Waals surface area (Å²) in [6.45, 7) is 5.58. The number of imidazole rings is 1. The minimum Gasteiger partial charge on any atom is -0.344 e. The summed E-state index contributed by atoms with van der Waals surface area (Å²) in [4.78, 5) is 10.3. The van der Waals surface area contributed by atoms with E-state index in [1.807, 2.05) is 6.20 Å². The first-order valence-electron chi connectivity index (χ1n) is 5.43. The van der Waals surface area contributed by atoms with Gasteiger partial charge in [-0.3, -0.25) is 4.90 Å². The molecule has 1 unspecified atom stereocenters. The van der Waals surface area contributed by atoms with Crippen LogP contribution in [0, 0.1) is 0 Å². The van der Waals surface area contributed by atoms with Gasteiger partial charge < -0.3 is 4.98 Å². The molecule has 1 aromatic rings. The van der Waals surface area contributed by atoms with Gasteiger partial charge in [0.25, 0.3) is 0 Å². The SMILES string of the molecule is CC(C)c1cnc(C2CCCN2C)[nH]1. The van der Waals surface area contributed by atoms with Gasteiger partial charge in [-0.2, -0.15) is 0 Å². The van der Waals surface area contributed by atoms with Crippen molar-refractivity contribution in [1.82, 2.24) is 14.9 Å². The van der Waals surface area contributed by atoms with Crippen molar-refractivity contribution in [3.63, 3.8) is 0 Å². The van der Waals surface area contributed by atoms with E-state index in [4.69, 9.17) is 0 Å². The van der Waals surface area contributed by atoms with Crippen molar-refractivity contribution in [1.29, 1.82) is 0 Å². The van der Waals surface area contributed by atoms with E-state index in [1.54, 1.807) is 0 Å². The molecule has 2 rings (SSSR count). The van der Waals surface area contributed by atoms with Crippen LogP contribution in [0.4, 0.5) is 0 Å². The van der Waals surface area contributed by atoms with Crippen LogP contribution in [0.5, 0.6) is 0 Å². The Morgan fingerprint density at radius 1 is 1.57 bits per heavy atom. The Kier molecular flexibility index (Phi) is 2.59. The third-order valence-corrected chi connectivity index (χ3v) is 3.07. The normalized spacial score (nSPS) is 23.6. The number of hydrogen-bond donors (Lipinski definition) is 1. The van der Waals surface area contributed by atoms with Crippen LogP contribution in [-0.2, 0) is 0 Å². The van der Waals surface area contributed by atoms with Crippen molar-refractivity contribution in [3.05, 3.63) is 17.7 Å². The Bertz CT molecular complexity index is 303. The van der Waals surface area contributed by atoms with Crippen LogP contribution in [0.15, 0.2) is 6.20 Å². The smallest absolute Gasteiger partial charge is 0.123 e. The van der Waals surface area contributed by atoms with Crippen molar-refractivity contribution in [2.24, 2.45) is 0 Å². The zero-order valence-corrected chi connectivity index (χ0v) is 9.25. The van der Waals surface area contributed by atoms with E-state index < -0.39 is 0 Å². The number of nitrogens with one attached hydrogen (secondary N) is 1. The van der Waals surface area contributed by atoms with Crippen molar-refractivity contribution in [2.75, 3.05) is 13.6 Å². The maximum absolute atomic E-state index is 4.47. The Balaban J connectivity index is 2.16. The summed E-state index contributed by atoms with van der Waals surface area (Å²) >= 11 is 0. The van der Waals surface area contributed by atoms with Crippen LogP contribution >= 0.6 is 0 Å². The van der Waals surface area contributed by atoms with Gasteiger partial charge in [-0.1, -0.05) is 13.8 Å². The minimum atomic E-state index is 0.516. The summed E-state index contributed by atoms with van der Waals surface area (Å²) in [5.41, 5.74) is 1.25. The fourth-order valence-corrected chi connectivity index (χ4v) is 2.07. The molecule has 0 amide bonds. The Morgan fingerprint density at radius 2 is 2.36 bits per heavy atom. The molecule has 0 saturated carbocycles. The molecule has 1 aromatic heterocycles. The van der Waals surface area contributed by atoms with Crippen LogP contribution in [-0.4, -0.2) is 28.5 Å². The summed E-state index contributed by atoms with van der Waals surface area (Å²) in [5, 5.41) is 0. The maximum atomic E-state index is 4.47. The highest BCUT2D eigenvalue weighted by Crippen LogP contribution is 2.28. The first-order chi connectivity index (χ1) is 6.68. The molecule has 1 saturated heterocycles. The van der Waals surface area contributed by atoms with Gasteiger partial charge in [0.2, 0.25) is 0 Å². The molecule has 2 heterocycles. The van der Waals surface area contributed by atoms with Gasteiger partial charge in [-0.05, 0) is 32.4 Å². The molecule has 3 heteroatoms. The summed E-state index contributed by atoms with van der Waals surface area (Å²) in [5.74, 6) is 1.69. The molecule has 1 fully saturated rings. The summed E-state index contributed by atoms with van der Waals surface area (Å²) < 4.78 is 0. The molecule has 78 valence electrons. The quantitative estimate of drug-likeness (QED) is 0.781. The molecule has 0 bridgehead atoms. The summed E-state index contributed by atoms with van der Waals surface area (Å²) in [6.07, 6.45) is 4.51. The second kappa shape index (κ2) is 3.73. The van der Waals surface area contributed by atoms with Crippen LogP contribution in [0.1, 0.15) is 50.2 Å². The zero-order chi connectivity index (χ0) is 10.1. The molecule has 0 radical (unpaired) electrons. The third-order valence-electron chi connectivity index (χ3n) is 3.07. The predicted octanol–water partition coefficient (Wildman–Crippen LogP) is 2.30. The van der Waals surface area contributed by atoms with Gasteiger partial charge in [0.05, 0.1) is 6.04 Å². The van der Waals surface area contributed by atoms with Crippen molar-refractivity contribution in [2.45, 2.75) is 38.6 Å². The lowest BCUT2D eigenvalue weighted by Gasteiger charge is -2.16. The van der Waals surface area contributed by atoms with E-state index in [2.05, 4.69) is 35.8 Å². The number of aromatic nitrogens is 2. The zero-order valence-electron chi connectivity index (χ0n) is 9.25. The van der Waals surface area contributed by atoms with Gasteiger partial charge in [0.15, 0.2) is 0 Å². The molecule has 3 nitrogen and oxygen atoms in total.